The lowest BCUT2D eigenvalue weighted by atomic mass is 9.81. The fourth-order valence-corrected chi connectivity index (χ4v) is 7.23. The van der Waals surface area contributed by atoms with E-state index in [-0.39, 0.29) is 33.3 Å². The number of ether oxygens (including phenoxy) is 1. The van der Waals surface area contributed by atoms with Gasteiger partial charge in [0.2, 0.25) is 11.8 Å². The number of benzene rings is 1. The smallest absolute Gasteiger partial charge is 0.329 e. The number of rotatable bonds is 5. The highest BCUT2D eigenvalue weighted by atomic mass is 79.9. The molecule has 3 fully saturated rings. The second-order valence-electron chi connectivity index (χ2n) is 8.76. The van der Waals surface area contributed by atoms with Crippen molar-refractivity contribution in [2.75, 3.05) is 11.9 Å². The first-order valence-electron chi connectivity index (χ1n) is 10.3. The third-order valence-corrected chi connectivity index (χ3v) is 9.81. The van der Waals surface area contributed by atoms with Gasteiger partial charge in [0.15, 0.2) is 6.61 Å². The summed E-state index contributed by atoms with van der Waals surface area (Å²) in [6, 6.07) is 4.55. The molecule has 2 bridgehead atoms. The zero-order valence-electron chi connectivity index (χ0n) is 17.4. The normalized spacial score (nSPS) is 32.2. The predicted molar refractivity (Wildman–Crippen MR) is 121 cm³/mol. The second-order valence-corrected chi connectivity index (χ2v) is 10.9. The minimum absolute atomic E-state index is 0.0765. The molecular formula is C22H24Br2N2O5. The number of hydrogen-bond acceptors (Lipinski definition) is 5. The maximum absolute atomic E-state index is 13.0. The number of nitrogens with zero attached hydrogens (tertiary/aromatic N) is 1. The molecule has 7 nitrogen and oxygen atoms in total. The third-order valence-electron chi connectivity index (χ3n) is 6.60. The lowest BCUT2D eigenvalue weighted by molar-refractivity contribution is -0.159. The summed E-state index contributed by atoms with van der Waals surface area (Å²) in [5, 5.41) is 2.69. The van der Waals surface area contributed by atoms with E-state index in [0.717, 1.165) is 22.4 Å². The number of halogens is 2. The van der Waals surface area contributed by atoms with E-state index in [1.54, 1.807) is 0 Å². The van der Waals surface area contributed by atoms with Gasteiger partial charge in [0, 0.05) is 15.3 Å². The van der Waals surface area contributed by atoms with Gasteiger partial charge in [-0.3, -0.25) is 19.3 Å². The molecule has 4 rings (SSSR count). The van der Waals surface area contributed by atoms with Crippen LogP contribution in [0.2, 0.25) is 0 Å². The minimum atomic E-state index is -1.07. The van der Waals surface area contributed by atoms with Crippen LogP contribution in [-0.2, 0) is 23.9 Å². The van der Waals surface area contributed by atoms with Crippen LogP contribution in [0.5, 0.6) is 0 Å². The first-order chi connectivity index (χ1) is 14.6. The Labute approximate surface area is 197 Å². The van der Waals surface area contributed by atoms with Crippen LogP contribution in [0.3, 0.4) is 0 Å². The Balaban J connectivity index is 1.37. The Kier molecular flexibility index (Phi) is 6.02. The molecule has 1 heterocycles. The van der Waals surface area contributed by atoms with Gasteiger partial charge in [0.1, 0.15) is 6.04 Å². The van der Waals surface area contributed by atoms with Gasteiger partial charge in [-0.15, -0.1) is 0 Å². The van der Waals surface area contributed by atoms with E-state index >= 15 is 0 Å². The Morgan fingerprint density at radius 2 is 1.58 bits per heavy atom. The van der Waals surface area contributed by atoms with Crippen LogP contribution in [0.15, 0.2) is 18.2 Å². The molecule has 0 radical (unpaired) electrons. The number of likely N-dealkylation sites (tertiary alicyclic amines) is 1. The number of aryl methyl sites for hydroxylation is 2. The Hall–Kier alpha value is -1.74. The molecular weight excluding hydrogens is 532 g/mol. The maximum atomic E-state index is 13.0. The van der Waals surface area contributed by atoms with Gasteiger partial charge in [0.25, 0.3) is 5.91 Å². The summed E-state index contributed by atoms with van der Waals surface area (Å²) in [5.74, 6) is -2.50. The van der Waals surface area contributed by atoms with Crippen LogP contribution in [0.1, 0.15) is 24.5 Å². The van der Waals surface area contributed by atoms with E-state index in [9.17, 15) is 19.2 Å². The Morgan fingerprint density at radius 1 is 1.06 bits per heavy atom. The van der Waals surface area contributed by atoms with Gasteiger partial charge < -0.3 is 10.1 Å². The minimum Gasteiger partial charge on any atom is -0.454 e. The number of anilines is 1. The highest BCUT2D eigenvalue weighted by Crippen LogP contribution is 2.60. The summed E-state index contributed by atoms with van der Waals surface area (Å²) in [7, 11) is 0. The molecule has 0 unspecified atom stereocenters. The molecule has 3 aliphatic rings. The van der Waals surface area contributed by atoms with Gasteiger partial charge in [-0.25, -0.2) is 4.79 Å². The molecule has 1 aliphatic heterocycles. The summed E-state index contributed by atoms with van der Waals surface area (Å²) >= 11 is 7.28. The second kappa shape index (κ2) is 8.31. The molecule has 1 aromatic carbocycles. The molecule has 2 saturated carbocycles. The van der Waals surface area contributed by atoms with Crippen molar-refractivity contribution in [1.29, 1.82) is 0 Å². The number of esters is 1. The van der Waals surface area contributed by atoms with Crippen LogP contribution >= 0.6 is 31.9 Å². The largest absolute Gasteiger partial charge is 0.454 e. The zero-order valence-corrected chi connectivity index (χ0v) is 20.6. The van der Waals surface area contributed by atoms with Crippen LogP contribution in [-0.4, -0.2) is 50.9 Å². The molecule has 1 saturated heterocycles. The van der Waals surface area contributed by atoms with Crippen molar-refractivity contribution in [2.24, 2.45) is 23.7 Å². The number of hydrogen-bond donors (Lipinski definition) is 1. The van der Waals surface area contributed by atoms with E-state index in [1.165, 1.54) is 6.92 Å². The SMILES string of the molecule is Cc1cc(C)cc(NC(=O)COC(=O)[C@H](C)N2C(=O)[C@@H]3[C@H]4C[C@@H]([C@@H](Br)[C@H]4Br)[C@H]3C2=O)c1. The molecule has 9 heteroatoms. The van der Waals surface area contributed by atoms with Crippen molar-refractivity contribution in [2.45, 2.75) is 42.9 Å². The standard InChI is InChI=1S/C22H24Br2N2O5/c1-9-4-10(2)6-12(5-9)25-15(27)8-31-22(30)11(3)26-20(28)16-13-7-14(17(16)21(26)29)19(24)18(13)23/h4-6,11,13-14,16-19H,7-8H2,1-3H3,(H,25,27)/t11-,13+,14+,16+,17+,18-,19+/m0/s1. The quantitative estimate of drug-likeness (QED) is 0.342. The summed E-state index contributed by atoms with van der Waals surface area (Å²) in [4.78, 5) is 52.1. The number of alkyl halides is 2. The topological polar surface area (TPSA) is 92.8 Å². The lowest BCUT2D eigenvalue weighted by Gasteiger charge is -2.28. The van der Waals surface area contributed by atoms with E-state index < -0.39 is 36.4 Å². The maximum Gasteiger partial charge on any atom is 0.329 e. The van der Waals surface area contributed by atoms with Crippen molar-refractivity contribution >= 4 is 61.2 Å². The fourth-order valence-electron chi connectivity index (χ4n) is 5.36. The molecule has 2 aliphatic carbocycles. The highest BCUT2D eigenvalue weighted by Gasteiger charge is 2.67. The highest BCUT2D eigenvalue weighted by molar-refractivity contribution is 9.12. The van der Waals surface area contributed by atoms with Crippen molar-refractivity contribution in [3.8, 4) is 0 Å². The number of carbonyl (C=O) groups is 4. The van der Waals surface area contributed by atoms with Crippen LogP contribution < -0.4 is 5.32 Å². The molecule has 0 spiro atoms. The predicted octanol–water partition coefficient (Wildman–Crippen LogP) is 2.95. The summed E-state index contributed by atoms with van der Waals surface area (Å²) in [5.41, 5.74) is 2.62. The molecule has 7 atom stereocenters. The van der Waals surface area contributed by atoms with Gasteiger partial charge in [-0.1, -0.05) is 37.9 Å². The number of imide groups is 1. The molecule has 3 amide bonds. The van der Waals surface area contributed by atoms with Crippen LogP contribution in [0, 0.1) is 37.5 Å². The first-order valence-corrected chi connectivity index (χ1v) is 12.1. The van der Waals surface area contributed by atoms with Crippen LogP contribution in [0.4, 0.5) is 5.69 Å². The van der Waals surface area contributed by atoms with E-state index in [0.29, 0.717) is 5.69 Å². The Morgan fingerprint density at radius 3 is 2.10 bits per heavy atom. The number of fused-ring (bicyclic) bond motifs is 5. The van der Waals surface area contributed by atoms with E-state index in [4.69, 9.17) is 4.74 Å². The molecule has 1 aromatic rings. The van der Waals surface area contributed by atoms with Crippen molar-refractivity contribution in [3.05, 3.63) is 29.3 Å². The molecule has 31 heavy (non-hydrogen) atoms. The molecule has 166 valence electrons. The molecule has 0 aromatic heterocycles. The number of carbonyl (C=O) groups excluding carboxylic acids is 4. The number of amides is 3. The monoisotopic (exact) mass is 554 g/mol. The lowest BCUT2D eigenvalue weighted by Crippen LogP contribution is -2.45. The summed E-state index contributed by atoms with van der Waals surface area (Å²) in [6.07, 6.45) is 0.823. The Bertz CT molecular complexity index is 915. The first kappa shape index (κ1) is 22.5. The van der Waals surface area contributed by atoms with Crippen molar-refractivity contribution in [3.63, 3.8) is 0 Å². The average Bonchev–Trinajstić information content (AvgIpc) is 3.29. The fraction of sp³-hybridized carbons (Fsp3) is 0.545. The van der Waals surface area contributed by atoms with Crippen LogP contribution in [0.25, 0.3) is 0 Å². The van der Waals surface area contributed by atoms with Crippen molar-refractivity contribution in [1.82, 2.24) is 4.90 Å². The van der Waals surface area contributed by atoms with Gasteiger partial charge in [0.05, 0.1) is 11.8 Å². The average molecular weight is 556 g/mol. The third kappa shape index (κ3) is 3.84. The van der Waals surface area contributed by atoms with Gasteiger partial charge in [-0.05, 0) is 62.3 Å². The molecule has 1 N–H and O–H groups in total. The summed E-state index contributed by atoms with van der Waals surface area (Å²) in [6.45, 7) is 4.83. The zero-order chi connectivity index (χ0) is 22.6. The van der Waals surface area contributed by atoms with Gasteiger partial charge >= 0.3 is 5.97 Å². The van der Waals surface area contributed by atoms with E-state index in [2.05, 4.69) is 37.2 Å². The van der Waals surface area contributed by atoms with Gasteiger partial charge in [-0.2, -0.15) is 0 Å². The van der Waals surface area contributed by atoms with E-state index in [1.807, 2.05) is 32.0 Å². The number of nitrogens with one attached hydrogen (secondary N) is 1. The van der Waals surface area contributed by atoms with Crippen molar-refractivity contribution < 1.29 is 23.9 Å². The summed E-state index contributed by atoms with van der Waals surface area (Å²) < 4.78 is 5.13.